The van der Waals surface area contributed by atoms with E-state index in [9.17, 15) is 0 Å². The normalized spacial score (nSPS) is 18.8. The predicted octanol–water partition coefficient (Wildman–Crippen LogP) is 5.90. The van der Waals surface area contributed by atoms with Gasteiger partial charge in [-0.15, -0.1) is 5.06 Å². The van der Waals surface area contributed by atoms with Crippen molar-refractivity contribution in [2.75, 3.05) is 0 Å². The highest BCUT2D eigenvalue weighted by atomic mass is 35.5. The quantitative estimate of drug-likeness (QED) is 0.655. The molecule has 2 N–H and O–H groups in total. The lowest BCUT2D eigenvalue weighted by Gasteiger charge is -2.27. The molecule has 0 saturated heterocycles. The Hall–Kier alpha value is -1.91. The molecule has 140 valence electrons. The molecule has 2 unspecified atom stereocenters. The minimum absolute atomic E-state index is 0.114. The van der Waals surface area contributed by atoms with Gasteiger partial charge in [0.25, 0.3) is 0 Å². The Kier molecular flexibility index (Phi) is 5.94. The van der Waals surface area contributed by atoms with E-state index in [1.807, 2.05) is 47.5 Å². The molecule has 0 spiro atoms. The maximum atomic E-state index is 6.10. The predicted molar refractivity (Wildman–Crippen MR) is 105 cm³/mol. The van der Waals surface area contributed by atoms with E-state index < -0.39 is 0 Å². The number of furan rings is 1. The van der Waals surface area contributed by atoms with Crippen LogP contribution in [0.1, 0.15) is 51.8 Å². The van der Waals surface area contributed by atoms with Gasteiger partial charge in [-0.05, 0) is 43.5 Å². The number of rotatable bonds is 7. The van der Waals surface area contributed by atoms with Crippen LogP contribution in [0, 0.1) is 5.92 Å². The molecule has 26 heavy (non-hydrogen) atoms. The average molecular weight is 375 g/mol. The zero-order valence-corrected chi connectivity index (χ0v) is 16.4. The van der Waals surface area contributed by atoms with Crippen LogP contribution in [-0.2, 0) is 4.84 Å². The fourth-order valence-corrected chi connectivity index (χ4v) is 3.46. The number of hydroxylamine groups is 2. The molecule has 0 bridgehead atoms. The van der Waals surface area contributed by atoms with E-state index in [1.54, 1.807) is 0 Å². The van der Waals surface area contributed by atoms with E-state index in [0.29, 0.717) is 16.8 Å². The van der Waals surface area contributed by atoms with Crippen molar-refractivity contribution in [1.82, 2.24) is 5.06 Å². The van der Waals surface area contributed by atoms with Crippen molar-refractivity contribution < 1.29 is 9.25 Å². The third-order valence-corrected chi connectivity index (χ3v) is 4.91. The number of benzene rings is 1. The van der Waals surface area contributed by atoms with Crippen molar-refractivity contribution in [3.05, 3.63) is 59.1 Å². The summed E-state index contributed by atoms with van der Waals surface area (Å²) in [7, 11) is 0. The van der Waals surface area contributed by atoms with Gasteiger partial charge >= 0.3 is 0 Å². The molecule has 2 aromatic rings. The Morgan fingerprint density at radius 1 is 1.15 bits per heavy atom. The summed E-state index contributed by atoms with van der Waals surface area (Å²) < 4.78 is 6.10. The highest BCUT2D eigenvalue weighted by Crippen LogP contribution is 2.36. The van der Waals surface area contributed by atoms with Crippen molar-refractivity contribution in [3.8, 4) is 11.3 Å². The van der Waals surface area contributed by atoms with Crippen molar-refractivity contribution in [2.45, 2.75) is 52.1 Å². The van der Waals surface area contributed by atoms with Crippen molar-refractivity contribution in [3.63, 3.8) is 0 Å². The van der Waals surface area contributed by atoms with E-state index >= 15 is 0 Å². The summed E-state index contributed by atoms with van der Waals surface area (Å²) in [5, 5.41) is 2.63. The number of nitrogens with two attached hydrogens (primary N) is 1. The summed E-state index contributed by atoms with van der Waals surface area (Å²) in [6.45, 7) is 6.67. The molecule has 0 saturated carbocycles. The van der Waals surface area contributed by atoms with Crippen molar-refractivity contribution >= 4 is 11.6 Å². The van der Waals surface area contributed by atoms with Gasteiger partial charge in [0.2, 0.25) is 5.88 Å². The lowest BCUT2D eigenvalue weighted by atomic mass is 10.0. The number of hydrogen-bond donors (Lipinski definition) is 1. The molecular weight excluding hydrogens is 348 g/mol. The molecule has 1 aromatic heterocycles. The molecule has 0 fully saturated rings. The molecule has 0 aliphatic carbocycles. The second-order valence-corrected chi connectivity index (χ2v) is 7.79. The first-order valence-corrected chi connectivity index (χ1v) is 9.61. The highest BCUT2D eigenvalue weighted by Gasteiger charge is 2.33. The summed E-state index contributed by atoms with van der Waals surface area (Å²) in [5.41, 5.74) is 6.90. The van der Waals surface area contributed by atoms with E-state index in [0.717, 1.165) is 29.9 Å². The topological polar surface area (TPSA) is 51.6 Å². The maximum absolute atomic E-state index is 6.10. The molecule has 1 aromatic carbocycles. The van der Waals surface area contributed by atoms with E-state index in [4.69, 9.17) is 26.6 Å². The first kappa shape index (κ1) is 18.9. The van der Waals surface area contributed by atoms with Gasteiger partial charge in [0.15, 0.2) is 0 Å². The standard InChI is InChI=1S/C21H27ClN2O2/c1-14(2)6-4-7-15(3)24-18(13-21(23)26-24)20-11-10-19(25-20)16-8-5-9-17(22)12-16/h5,8-15,18H,4,6-7,23H2,1-3H3. The summed E-state index contributed by atoms with van der Waals surface area (Å²) in [4.78, 5) is 5.77. The summed E-state index contributed by atoms with van der Waals surface area (Å²) in [6.07, 6.45) is 5.33. The van der Waals surface area contributed by atoms with Gasteiger partial charge in [-0.25, -0.2) is 0 Å². The van der Waals surface area contributed by atoms with E-state index in [2.05, 4.69) is 20.8 Å². The van der Waals surface area contributed by atoms with Gasteiger partial charge < -0.3 is 15.0 Å². The first-order valence-electron chi connectivity index (χ1n) is 9.23. The fourth-order valence-electron chi connectivity index (χ4n) is 3.27. The third-order valence-electron chi connectivity index (χ3n) is 4.67. The number of nitrogens with zero attached hydrogens (tertiary/aromatic N) is 1. The Labute approximate surface area is 160 Å². The first-order chi connectivity index (χ1) is 12.4. The van der Waals surface area contributed by atoms with Crippen LogP contribution < -0.4 is 5.73 Å². The Morgan fingerprint density at radius 2 is 1.96 bits per heavy atom. The van der Waals surface area contributed by atoms with Crippen LogP contribution in [0.4, 0.5) is 0 Å². The van der Waals surface area contributed by atoms with Gasteiger partial charge in [0.05, 0.1) is 0 Å². The van der Waals surface area contributed by atoms with Crippen LogP contribution >= 0.6 is 11.6 Å². The zero-order valence-electron chi connectivity index (χ0n) is 15.6. The molecule has 1 aliphatic heterocycles. The molecule has 2 atom stereocenters. The summed E-state index contributed by atoms with van der Waals surface area (Å²) in [6, 6.07) is 11.7. The molecule has 5 heteroatoms. The summed E-state index contributed by atoms with van der Waals surface area (Å²) >= 11 is 6.09. The van der Waals surface area contributed by atoms with Crippen LogP contribution in [0.25, 0.3) is 11.3 Å². The molecule has 4 nitrogen and oxygen atoms in total. The van der Waals surface area contributed by atoms with Crippen LogP contribution in [-0.4, -0.2) is 11.1 Å². The maximum Gasteiger partial charge on any atom is 0.207 e. The van der Waals surface area contributed by atoms with Crippen LogP contribution in [0.2, 0.25) is 5.02 Å². The van der Waals surface area contributed by atoms with Gasteiger partial charge in [-0.1, -0.05) is 50.4 Å². The van der Waals surface area contributed by atoms with E-state index in [1.165, 1.54) is 6.42 Å². The van der Waals surface area contributed by atoms with Crippen LogP contribution in [0.3, 0.4) is 0 Å². The van der Waals surface area contributed by atoms with Gasteiger partial charge in [0, 0.05) is 22.7 Å². The smallest absolute Gasteiger partial charge is 0.207 e. The fraction of sp³-hybridized carbons (Fsp3) is 0.429. The van der Waals surface area contributed by atoms with Gasteiger partial charge in [0.1, 0.15) is 17.6 Å². The molecule has 1 aliphatic rings. The average Bonchev–Trinajstić information content (AvgIpc) is 3.21. The Balaban J connectivity index is 1.74. The lowest BCUT2D eigenvalue weighted by molar-refractivity contribution is -0.152. The minimum Gasteiger partial charge on any atom is -0.459 e. The number of hydrogen-bond acceptors (Lipinski definition) is 4. The Bertz CT molecular complexity index is 769. The molecular formula is C21H27ClN2O2. The van der Waals surface area contributed by atoms with Crippen molar-refractivity contribution in [1.29, 1.82) is 0 Å². The van der Waals surface area contributed by atoms with Crippen LogP contribution in [0.5, 0.6) is 0 Å². The second-order valence-electron chi connectivity index (χ2n) is 7.35. The van der Waals surface area contributed by atoms with E-state index in [-0.39, 0.29) is 12.1 Å². The SMILES string of the molecule is CC(C)CCCC(C)N1OC(N)=CC1c1ccc(-c2cccc(Cl)c2)o1. The second kappa shape index (κ2) is 8.19. The molecule has 0 radical (unpaired) electrons. The van der Waals surface area contributed by atoms with Gasteiger partial charge in [-0.2, -0.15) is 0 Å². The monoisotopic (exact) mass is 374 g/mol. The zero-order chi connectivity index (χ0) is 18.7. The molecule has 3 rings (SSSR count). The Morgan fingerprint density at radius 3 is 2.69 bits per heavy atom. The summed E-state index contributed by atoms with van der Waals surface area (Å²) in [5.74, 6) is 2.74. The molecule has 0 amide bonds. The molecule has 2 heterocycles. The largest absolute Gasteiger partial charge is 0.459 e. The lowest BCUT2D eigenvalue weighted by Crippen LogP contribution is -2.32. The van der Waals surface area contributed by atoms with Gasteiger partial charge in [-0.3, -0.25) is 0 Å². The number of halogens is 1. The minimum atomic E-state index is -0.114. The van der Waals surface area contributed by atoms with Crippen LogP contribution in [0.15, 0.2) is 52.8 Å². The third kappa shape index (κ3) is 4.43. The highest BCUT2D eigenvalue weighted by molar-refractivity contribution is 6.30. The van der Waals surface area contributed by atoms with Crippen molar-refractivity contribution in [2.24, 2.45) is 11.7 Å².